The van der Waals surface area contributed by atoms with Gasteiger partial charge in [-0.25, -0.2) is 4.39 Å². The monoisotopic (exact) mass is 241 g/mol. The van der Waals surface area contributed by atoms with E-state index in [1.807, 2.05) is 0 Å². The van der Waals surface area contributed by atoms with Crippen molar-refractivity contribution in [3.63, 3.8) is 0 Å². The maximum Gasteiger partial charge on any atom is 0.138 e. The van der Waals surface area contributed by atoms with Crippen molar-refractivity contribution in [1.29, 1.82) is 0 Å². The summed E-state index contributed by atoms with van der Waals surface area (Å²) in [5.41, 5.74) is 0.523. The summed E-state index contributed by atoms with van der Waals surface area (Å²) < 4.78 is 13.5. The first kappa shape index (κ1) is 11.6. The maximum absolute atomic E-state index is 13.5. The second-order valence-electron chi connectivity index (χ2n) is 4.06. The largest absolute Gasteiger partial charge is 0.316 e. The number of benzene rings is 1. The first-order valence-electron chi connectivity index (χ1n) is 5.34. The average Bonchev–Trinajstić information content (AvgIpc) is 2.27. The maximum atomic E-state index is 13.5. The Morgan fingerprint density at radius 3 is 3.06 bits per heavy atom. The Kier molecular flexibility index (Phi) is 3.56. The zero-order valence-electron chi connectivity index (χ0n) is 8.80. The van der Waals surface area contributed by atoms with Crippen LogP contribution < -0.4 is 5.32 Å². The summed E-state index contributed by atoms with van der Waals surface area (Å²) in [6.07, 6.45) is 0.963. The van der Waals surface area contributed by atoms with Crippen molar-refractivity contribution in [3.8, 4) is 0 Å². The number of piperidine rings is 1. The first-order chi connectivity index (χ1) is 7.66. The van der Waals surface area contributed by atoms with Crippen LogP contribution in [0.5, 0.6) is 0 Å². The topological polar surface area (TPSA) is 29.1 Å². The van der Waals surface area contributed by atoms with Gasteiger partial charge >= 0.3 is 0 Å². The highest BCUT2D eigenvalue weighted by molar-refractivity contribution is 6.30. The quantitative estimate of drug-likeness (QED) is 0.860. The van der Waals surface area contributed by atoms with Crippen molar-refractivity contribution in [2.24, 2.45) is 5.92 Å². The molecule has 0 amide bonds. The molecule has 4 heteroatoms. The Morgan fingerprint density at radius 1 is 1.50 bits per heavy atom. The highest BCUT2D eigenvalue weighted by Gasteiger charge is 2.23. The summed E-state index contributed by atoms with van der Waals surface area (Å²) in [6.45, 7) is 1.36. The first-order valence-corrected chi connectivity index (χ1v) is 5.72. The minimum Gasteiger partial charge on any atom is -0.316 e. The van der Waals surface area contributed by atoms with Crippen LogP contribution in [0.25, 0.3) is 0 Å². The fourth-order valence-corrected chi connectivity index (χ4v) is 2.15. The smallest absolute Gasteiger partial charge is 0.138 e. The summed E-state index contributed by atoms with van der Waals surface area (Å²) in [4.78, 5) is 11.6. The van der Waals surface area contributed by atoms with Crippen molar-refractivity contribution >= 4 is 17.4 Å². The molecule has 1 saturated heterocycles. The van der Waals surface area contributed by atoms with Crippen LogP contribution in [0.1, 0.15) is 12.0 Å². The lowest BCUT2D eigenvalue weighted by atomic mass is 9.91. The molecule has 1 aliphatic heterocycles. The zero-order valence-corrected chi connectivity index (χ0v) is 9.56. The van der Waals surface area contributed by atoms with Crippen LogP contribution in [0.4, 0.5) is 4.39 Å². The number of hydrogen-bond acceptors (Lipinski definition) is 2. The Bertz CT molecular complexity index is 408. The second-order valence-corrected chi connectivity index (χ2v) is 4.49. The molecule has 0 aliphatic carbocycles. The summed E-state index contributed by atoms with van der Waals surface area (Å²) in [6, 6.07) is 4.46. The number of carbonyl (C=O) groups is 1. The molecule has 16 heavy (non-hydrogen) atoms. The second kappa shape index (κ2) is 4.93. The van der Waals surface area contributed by atoms with E-state index in [1.54, 1.807) is 6.07 Å². The Balaban J connectivity index is 2.13. The van der Waals surface area contributed by atoms with E-state index < -0.39 is 0 Å². The van der Waals surface area contributed by atoms with Gasteiger partial charge in [0, 0.05) is 30.5 Å². The van der Waals surface area contributed by atoms with Crippen LogP contribution in [0, 0.1) is 11.7 Å². The Labute approximate surface area is 98.8 Å². The van der Waals surface area contributed by atoms with Crippen molar-refractivity contribution in [2.45, 2.75) is 12.8 Å². The van der Waals surface area contributed by atoms with Gasteiger partial charge in [-0.05, 0) is 30.2 Å². The molecular weight excluding hydrogens is 229 g/mol. The molecule has 0 spiro atoms. The van der Waals surface area contributed by atoms with Crippen molar-refractivity contribution in [1.82, 2.24) is 5.32 Å². The van der Waals surface area contributed by atoms with E-state index in [9.17, 15) is 9.18 Å². The minimum absolute atomic E-state index is 0.123. The molecule has 1 aromatic carbocycles. The fraction of sp³-hybridized carbons (Fsp3) is 0.417. The molecule has 1 N–H and O–H groups in total. The van der Waals surface area contributed by atoms with Crippen LogP contribution in [0.3, 0.4) is 0 Å². The van der Waals surface area contributed by atoms with Crippen LogP contribution in [0.15, 0.2) is 18.2 Å². The SMILES string of the molecule is O=C1CCNCC1Cc1cc(Cl)ccc1F. The van der Waals surface area contributed by atoms with Gasteiger partial charge in [0.2, 0.25) is 0 Å². The van der Waals surface area contributed by atoms with E-state index in [2.05, 4.69) is 5.32 Å². The van der Waals surface area contributed by atoms with E-state index in [0.717, 1.165) is 6.54 Å². The molecule has 0 saturated carbocycles. The van der Waals surface area contributed by atoms with Gasteiger partial charge in [-0.2, -0.15) is 0 Å². The van der Waals surface area contributed by atoms with Crippen molar-refractivity contribution in [2.75, 3.05) is 13.1 Å². The van der Waals surface area contributed by atoms with Gasteiger partial charge < -0.3 is 5.32 Å². The number of Topliss-reactive ketones (excluding diaryl/α,β-unsaturated/α-hetero) is 1. The number of rotatable bonds is 2. The predicted molar refractivity (Wildman–Crippen MR) is 61.1 cm³/mol. The van der Waals surface area contributed by atoms with Gasteiger partial charge in [0.25, 0.3) is 0 Å². The zero-order chi connectivity index (χ0) is 11.5. The highest BCUT2D eigenvalue weighted by Crippen LogP contribution is 2.20. The number of hydrogen-bond donors (Lipinski definition) is 1. The molecule has 2 nitrogen and oxygen atoms in total. The fourth-order valence-electron chi connectivity index (χ4n) is 1.96. The Hall–Kier alpha value is -0.930. The molecule has 1 unspecified atom stereocenters. The van der Waals surface area contributed by atoms with Gasteiger partial charge in [-0.15, -0.1) is 0 Å². The van der Waals surface area contributed by atoms with Crippen molar-refractivity contribution < 1.29 is 9.18 Å². The molecule has 0 aromatic heterocycles. The summed E-state index contributed by atoms with van der Waals surface area (Å²) in [5.74, 6) is -0.206. The van der Waals surface area contributed by atoms with Gasteiger partial charge in [-0.3, -0.25) is 4.79 Å². The number of halogens is 2. The molecule has 1 heterocycles. The average molecular weight is 242 g/mol. The van der Waals surface area contributed by atoms with Crippen LogP contribution in [-0.4, -0.2) is 18.9 Å². The predicted octanol–water partition coefficient (Wildman–Crippen LogP) is 2.20. The van der Waals surface area contributed by atoms with Gasteiger partial charge in [0.15, 0.2) is 0 Å². The van der Waals surface area contributed by atoms with Gasteiger partial charge in [0.05, 0.1) is 0 Å². The number of carbonyl (C=O) groups excluding carboxylic acids is 1. The molecule has 1 aromatic rings. The lowest BCUT2D eigenvalue weighted by molar-refractivity contribution is -0.123. The van der Waals surface area contributed by atoms with E-state index in [0.29, 0.717) is 30.0 Å². The molecule has 0 radical (unpaired) electrons. The molecule has 86 valence electrons. The van der Waals surface area contributed by atoms with Crippen LogP contribution in [-0.2, 0) is 11.2 Å². The molecular formula is C12H13ClFNO. The van der Waals surface area contributed by atoms with Gasteiger partial charge in [-0.1, -0.05) is 11.6 Å². The lowest BCUT2D eigenvalue weighted by Gasteiger charge is -2.21. The van der Waals surface area contributed by atoms with E-state index in [-0.39, 0.29) is 17.5 Å². The van der Waals surface area contributed by atoms with E-state index in [1.165, 1.54) is 12.1 Å². The molecule has 1 atom stereocenters. The third kappa shape index (κ3) is 2.60. The van der Waals surface area contributed by atoms with E-state index >= 15 is 0 Å². The van der Waals surface area contributed by atoms with Crippen LogP contribution in [0.2, 0.25) is 5.02 Å². The minimum atomic E-state index is -0.289. The third-order valence-electron chi connectivity index (χ3n) is 2.87. The molecule has 1 aliphatic rings. The molecule has 1 fully saturated rings. The highest BCUT2D eigenvalue weighted by atomic mass is 35.5. The van der Waals surface area contributed by atoms with E-state index in [4.69, 9.17) is 11.6 Å². The molecule has 0 bridgehead atoms. The number of ketones is 1. The summed E-state index contributed by atoms with van der Waals surface area (Å²) in [5, 5.41) is 3.65. The van der Waals surface area contributed by atoms with Gasteiger partial charge in [0.1, 0.15) is 11.6 Å². The standard InChI is InChI=1S/C12H13ClFNO/c13-10-1-2-11(14)8(6-10)5-9-7-15-4-3-12(9)16/h1-2,6,9,15H,3-5,7H2. The summed E-state index contributed by atoms with van der Waals surface area (Å²) >= 11 is 5.80. The molecule has 2 rings (SSSR count). The van der Waals surface area contributed by atoms with Crippen LogP contribution >= 0.6 is 11.6 Å². The summed E-state index contributed by atoms with van der Waals surface area (Å²) in [7, 11) is 0. The Morgan fingerprint density at radius 2 is 2.31 bits per heavy atom. The number of nitrogens with one attached hydrogen (secondary N) is 1. The third-order valence-corrected chi connectivity index (χ3v) is 3.10. The lowest BCUT2D eigenvalue weighted by Crippen LogP contribution is -2.38. The normalized spacial score (nSPS) is 21.1. The van der Waals surface area contributed by atoms with Crippen molar-refractivity contribution in [3.05, 3.63) is 34.6 Å².